The molecule has 1 N–H and O–H groups in total. The lowest BCUT2D eigenvalue weighted by atomic mass is 10.1. The van der Waals surface area contributed by atoms with Crippen molar-refractivity contribution in [1.29, 1.82) is 0 Å². The molecule has 1 unspecified atom stereocenters. The normalized spacial score (nSPS) is 11.6. The summed E-state index contributed by atoms with van der Waals surface area (Å²) in [6.45, 7) is 3.44. The maximum Gasteiger partial charge on any atom is 0.101 e. The molecule has 11 heavy (non-hydrogen) atoms. The van der Waals surface area contributed by atoms with Crippen molar-refractivity contribution < 1.29 is 5.11 Å². The molecule has 60 valence electrons. The van der Waals surface area contributed by atoms with Crippen molar-refractivity contribution in [3.8, 4) is 0 Å². The van der Waals surface area contributed by atoms with Crippen molar-refractivity contribution in [1.82, 2.24) is 4.98 Å². The van der Waals surface area contributed by atoms with Gasteiger partial charge in [0.15, 0.2) is 0 Å². The largest absolute Gasteiger partial charge is 0.384 e. The summed E-state index contributed by atoms with van der Waals surface area (Å²) in [5.41, 5.74) is -0.137. The SMILES string of the molecule is CC(C)(O)c1ccc(P)cn1. The van der Waals surface area contributed by atoms with Crippen LogP contribution in [0.15, 0.2) is 18.3 Å². The quantitative estimate of drug-likeness (QED) is 0.631. The highest BCUT2D eigenvalue weighted by Crippen LogP contribution is 2.15. The van der Waals surface area contributed by atoms with Crippen LogP contribution in [-0.2, 0) is 5.60 Å². The van der Waals surface area contributed by atoms with Gasteiger partial charge in [-0.2, -0.15) is 0 Å². The Morgan fingerprint density at radius 2 is 2.09 bits per heavy atom. The highest BCUT2D eigenvalue weighted by atomic mass is 31.0. The zero-order valence-corrected chi connectivity index (χ0v) is 7.86. The van der Waals surface area contributed by atoms with Crippen LogP contribution in [-0.4, -0.2) is 10.1 Å². The average Bonchev–Trinajstić information content (AvgIpc) is 1.86. The van der Waals surface area contributed by atoms with Gasteiger partial charge in [0.05, 0.1) is 5.69 Å². The first-order valence-corrected chi connectivity index (χ1v) is 4.02. The Morgan fingerprint density at radius 1 is 1.45 bits per heavy atom. The number of aliphatic hydroxyl groups is 1. The lowest BCUT2D eigenvalue weighted by Crippen LogP contribution is -2.17. The van der Waals surface area contributed by atoms with Gasteiger partial charge in [0, 0.05) is 6.20 Å². The lowest BCUT2D eigenvalue weighted by molar-refractivity contribution is 0.0739. The summed E-state index contributed by atoms with van der Waals surface area (Å²) in [4.78, 5) is 4.08. The second kappa shape index (κ2) is 2.88. The van der Waals surface area contributed by atoms with Crippen LogP contribution in [0.5, 0.6) is 0 Å². The lowest BCUT2D eigenvalue weighted by Gasteiger charge is -2.15. The maximum absolute atomic E-state index is 9.51. The Bertz CT molecular complexity index is 237. The number of rotatable bonds is 1. The van der Waals surface area contributed by atoms with Crippen molar-refractivity contribution >= 4 is 14.5 Å². The zero-order chi connectivity index (χ0) is 8.48. The number of pyridine rings is 1. The number of hydrogen-bond donors (Lipinski definition) is 1. The summed E-state index contributed by atoms with van der Waals surface area (Å²) in [6.07, 6.45) is 1.72. The number of hydrogen-bond acceptors (Lipinski definition) is 2. The fourth-order valence-electron chi connectivity index (χ4n) is 0.767. The molecule has 1 atom stereocenters. The molecule has 0 saturated heterocycles. The smallest absolute Gasteiger partial charge is 0.101 e. The van der Waals surface area contributed by atoms with Crippen molar-refractivity contribution in [2.24, 2.45) is 0 Å². The first-order chi connectivity index (χ1) is 5.00. The first-order valence-electron chi connectivity index (χ1n) is 3.44. The third-order valence-electron chi connectivity index (χ3n) is 1.41. The minimum Gasteiger partial charge on any atom is -0.384 e. The van der Waals surface area contributed by atoms with Crippen LogP contribution in [0.25, 0.3) is 0 Å². The summed E-state index contributed by atoms with van der Waals surface area (Å²) < 4.78 is 0. The molecule has 0 aliphatic carbocycles. The van der Waals surface area contributed by atoms with Gasteiger partial charge in [-0.3, -0.25) is 4.98 Å². The molecule has 0 fully saturated rings. The fourth-order valence-corrected chi connectivity index (χ4v) is 0.938. The summed E-state index contributed by atoms with van der Waals surface area (Å²) >= 11 is 0. The summed E-state index contributed by atoms with van der Waals surface area (Å²) in [5.74, 6) is 0. The van der Waals surface area contributed by atoms with Crippen molar-refractivity contribution in [3.05, 3.63) is 24.0 Å². The van der Waals surface area contributed by atoms with Crippen molar-refractivity contribution in [2.45, 2.75) is 19.4 Å². The van der Waals surface area contributed by atoms with Gasteiger partial charge in [-0.25, -0.2) is 0 Å². The van der Waals surface area contributed by atoms with Crippen LogP contribution in [0, 0.1) is 0 Å². The maximum atomic E-state index is 9.51. The summed E-state index contributed by atoms with van der Waals surface area (Å²) in [7, 11) is 2.55. The second-order valence-electron chi connectivity index (χ2n) is 3.04. The molecule has 1 rings (SSSR count). The Hall–Kier alpha value is -0.460. The molecule has 0 amide bonds. The molecule has 0 spiro atoms. The van der Waals surface area contributed by atoms with Gasteiger partial charge >= 0.3 is 0 Å². The molecule has 2 nitrogen and oxygen atoms in total. The third kappa shape index (κ3) is 2.25. The average molecular weight is 169 g/mol. The first kappa shape index (κ1) is 8.63. The summed E-state index contributed by atoms with van der Waals surface area (Å²) in [5, 5.41) is 10.5. The van der Waals surface area contributed by atoms with Crippen LogP contribution < -0.4 is 5.30 Å². The van der Waals surface area contributed by atoms with Gasteiger partial charge in [-0.05, 0) is 25.2 Å². The monoisotopic (exact) mass is 169 g/mol. The number of aromatic nitrogens is 1. The van der Waals surface area contributed by atoms with E-state index in [1.165, 1.54) is 0 Å². The molecule has 3 heteroatoms. The van der Waals surface area contributed by atoms with Crippen LogP contribution >= 0.6 is 9.24 Å². The van der Waals surface area contributed by atoms with E-state index >= 15 is 0 Å². The minimum atomic E-state index is -0.835. The molecule has 0 saturated carbocycles. The van der Waals surface area contributed by atoms with E-state index in [0.717, 1.165) is 5.30 Å². The predicted molar refractivity (Wildman–Crippen MR) is 48.8 cm³/mol. The molecule has 0 bridgehead atoms. The Kier molecular flexibility index (Phi) is 2.26. The van der Waals surface area contributed by atoms with Crippen LogP contribution in [0.3, 0.4) is 0 Å². The Labute approximate surface area is 68.9 Å². The molecule has 0 aromatic carbocycles. The van der Waals surface area contributed by atoms with Crippen molar-refractivity contribution in [3.63, 3.8) is 0 Å². The van der Waals surface area contributed by atoms with E-state index in [1.54, 1.807) is 20.0 Å². The topological polar surface area (TPSA) is 33.1 Å². The van der Waals surface area contributed by atoms with Gasteiger partial charge in [-0.15, -0.1) is 9.24 Å². The van der Waals surface area contributed by atoms with Crippen LogP contribution in [0.2, 0.25) is 0 Å². The molecule has 0 aliphatic heterocycles. The van der Waals surface area contributed by atoms with Crippen LogP contribution in [0.4, 0.5) is 0 Å². The Balaban J connectivity index is 2.99. The third-order valence-corrected chi connectivity index (χ3v) is 1.75. The fraction of sp³-hybridized carbons (Fsp3) is 0.375. The molecular formula is C8H12NOP. The highest BCUT2D eigenvalue weighted by Gasteiger charge is 2.16. The predicted octanol–water partition coefficient (Wildman–Crippen LogP) is 0.809. The van der Waals surface area contributed by atoms with Gasteiger partial charge in [-0.1, -0.05) is 6.07 Å². The highest BCUT2D eigenvalue weighted by molar-refractivity contribution is 7.27. The molecule has 0 aliphatic rings. The van der Waals surface area contributed by atoms with E-state index in [0.29, 0.717) is 5.69 Å². The minimum absolute atomic E-state index is 0.698. The van der Waals surface area contributed by atoms with E-state index in [9.17, 15) is 5.11 Å². The van der Waals surface area contributed by atoms with Gasteiger partial charge in [0.25, 0.3) is 0 Å². The molecule has 1 aromatic heterocycles. The number of nitrogens with zero attached hydrogens (tertiary/aromatic N) is 1. The van der Waals surface area contributed by atoms with E-state index in [-0.39, 0.29) is 0 Å². The zero-order valence-electron chi connectivity index (χ0n) is 6.70. The van der Waals surface area contributed by atoms with Gasteiger partial charge < -0.3 is 5.11 Å². The van der Waals surface area contributed by atoms with E-state index in [4.69, 9.17) is 0 Å². The van der Waals surface area contributed by atoms with E-state index < -0.39 is 5.60 Å². The molecule has 1 aromatic rings. The molecule has 1 heterocycles. The van der Waals surface area contributed by atoms with Crippen molar-refractivity contribution in [2.75, 3.05) is 0 Å². The standard InChI is InChI=1S/C8H12NOP/c1-8(2,10)7-4-3-6(11)5-9-7/h3-5,10H,11H2,1-2H3. The summed E-state index contributed by atoms with van der Waals surface area (Å²) in [6, 6.07) is 3.73. The molecule has 0 radical (unpaired) electrons. The van der Waals surface area contributed by atoms with Gasteiger partial charge in [0.1, 0.15) is 5.60 Å². The van der Waals surface area contributed by atoms with Gasteiger partial charge in [0.2, 0.25) is 0 Å². The second-order valence-corrected chi connectivity index (χ2v) is 3.70. The Morgan fingerprint density at radius 3 is 2.45 bits per heavy atom. The molecular weight excluding hydrogens is 157 g/mol. The van der Waals surface area contributed by atoms with E-state index in [2.05, 4.69) is 14.2 Å². The van der Waals surface area contributed by atoms with Crippen LogP contribution in [0.1, 0.15) is 19.5 Å². The van der Waals surface area contributed by atoms with E-state index in [1.807, 2.05) is 12.1 Å².